The summed E-state index contributed by atoms with van der Waals surface area (Å²) in [6, 6.07) is 9.73. The summed E-state index contributed by atoms with van der Waals surface area (Å²) < 4.78 is 11.5. The molecule has 3 aliphatic rings. The van der Waals surface area contributed by atoms with Crippen LogP contribution in [-0.2, 0) is 20.7 Å². The van der Waals surface area contributed by atoms with E-state index in [1.165, 1.54) is 0 Å². The Morgan fingerprint density at radius 2 is 2.07 bits per heavy atom. The highest BCUT2D eigenvalue weighted by Gasteiger charge is 2.65. The van der Waals surface area contributed by atoms with Crippen LogP contribution in [0.25, 0.3) is 0 Å². The molecule has 0 saturated carbocycles. The van der Waals surface area contributed by atoms with Gasteiger partial charge in [0.05, 0.1) is 30.8 Å². The predicted molar refractivity (Wildman–Crippen MR) is 104 cm³/mol. The molecule has 3 aliphatic heterocycles. The van der Waals surface area contributed by atoms with E-state index < -0.39 is 5.72 Å². The van der Waals surface area contributed by atoms with Gasteiger partial charge in [0.25, 0.3) is 0 Å². The lowest BCUT2D eigenvalue weighted by Gasteiger charge is -2.33. The molecule has 29 heavy (non-hydrogen) atoms. The summed E-state index contributed by atoms with van der Waals surface area (Å²) in [6.45, 7) is 4.86. The first kappa shape index (κ1) is 18.4. The number of aryl methyl sites for hydroxylation is 2. The number of carbonyl (C=O) groups excluding carboxylic acids is 2. The van der Waals surface area contributed by atoms with Gasteiger partial charge in [-0.25, -0.2) is 0 Å². The second kappa shape index (κ2) is 6.69. The van der Waals surface area contributed by atoms with Crippen molar-refractivity contribution in [2.24, 2.45) is 0 Å². The van der Waals surface area contributed by atoms with Crippen LogP contribution >= 0.6 is 0 Å². The topological polar surface area (TPSA) is 75.9 Å². The number of hydrogen-bond acceptors (Lipinski definition) is 5. The van der Waals surface area contributed by atoms with Crippen LogP contribution in [-0.4, -0.2) is 51.7 Å². The maximum absolute atomic E-state index is 13.0. The Bertz CT molecular complexity index is 937. The van der Waals surface area contributed by atoms with Crippen molar-refractivity contribution >= 4 is 11.8 Å². The van der Waals surface area contributed by atoms with Crippen LogP contribution in [0.3, 0.4) is 0 Å². The van der Waals surface area contributed by atoms with Crippen LogP contribution in [0.5, 0.6) is 0 Å². The van der Waals surface area contributed by atoms with Crippen molar-refractivity contribution < 1.29 is 18.8 Å². The monoisotopic (exact) mass is 395 g/mol. The Morgan fingerprint density at radius 3 is 2.79 bits per heavy atom. The maximum Gasteiger partial charge on any atom is 0.227 e. The zero-order valence-electron chi connectivity index (χ0n) is 16.8. The van der Waals surface area contributed by atoms with Gasteiger partial charge >= 0.3 is 0 Å². The molecule has 0 bridgehead atoms. The summed E-state index contributed by atoms with van der Waals surface area (Å²) in [6.07, 6.45) is 1.98. The predicted octanol–water partition coefficient (Wildman–Crippen LogP) is 2.53. The number of likely N-dealkylation sites (tertiary alicyclic amines) is 1. The minimum absolute atomic E-state index is 0.0632. The van der Waals surface area contributed by atoms with Crippen LogP contribution in [0.1, 0.15) is 47.9 Å². The summed E-state index contributed by atoms with van der Waals surface area (Å²) in [5.41, 5.74) is 2.25. The molecule has 152 valence electrons. The van der Waals surface area contributed by atoms with Crippen LogP contribution in [0, 0.1) is 13.8 Å². The fraction of sp³-hybridized carbons (Fsp3) is 0.500. The molecule has 5 rings (SSSR count). The second-order valence-electron chi connectivity index (χ2n) is 8.21. The second-order valence-corrected chi connectivity index (χ2v) is 8.21. The van der Waals surface area contributed by atoms with E-state index in [-0.39, 0.29) is 23.9 Å². The molecule has 3 saturated heterocycles. The Morgan fingerprint density at radius 1 is 1.28 bits per heavy atom. The van der Waals surface area contributed by atoms with E-state index in [4.69, 9.17) is 9.26 Å². The molecule has 3 atom stereocenters. The molecule has 0 N–H and O–H groups in total. The van der Waals surface area contributed by atoms with Crippen molar-refractivity contribution in [2.75, 3.05) is 13.2 Å². The zero-order chi connectivity index (χ0) is 20.2. The third-order valence-corrected chi connectivity index (χ3v) is 6.73. The van der Waals surface area contributed by atoms with E-state index in [1.54, 1.807) is 0 Å². The summed E-state index contributed by atoms with van der Waals surface area (Å²) in [7, 11) is 0. The highest BCUT2D eigenvalue weighted by molar-refractivity contribution is 5.85. The first-order valence-electron chi connectivity index (χ1n) is 10.2. The largest absolute Gasteiger partial charge is 0.361 e. The molecular formula is C22H25N3O4. The molecule has 0 unspecified atom stereocenters. The van der Waals surface area contributed by atoms with Crippen LogP contribution < -0.4 is 0 Å². The van der Waals surface area contributed by atoms with E-state index in [1.807, 2.05) is 54.0 Å². The van der Waals surface area contributed by atoms with Gasteiger partial charge in [0.15, 0.2) is 5.72 Å². The molecule has 4 heterocycles. The molecule has 2 amide bonds. The van der Waals surface area contributed by atoms with E-state index >= 15 is 0 Å². The smallest absolute Gasteiger partial charge is 0.227 e. The normalized spacial score (nSPS) is 28.1. The van der Waals surface area contributed by atoms with E-state index in [9.17, 15) is 9.59 Å². The van der Waals surface area contributed by atoms with Crippen LogP contribution in [0.15, 0.2) is 34.9 Å². The molecule has 0 radical (unpaired) electrons. The Labute approximate surface area is 169 Å². The highest BCUT2D eigenvalue weighted by atomic mass is 16.5. The summed E-state index contributed by atoms with van der Waals surface area (Å²) in [4.78, 5) is 29.8. The standard InChI is InChI=1S/C22H25N3O4/c1-14-17(15(2)29-23-14)8-9-20(26)24-11-10-22-19(24)12-21(27)25(22)18(13-28-22)16-6-4-3-5-7-16/h3-7,18-19H,8-13H2,1-2H3/t18-,19+,22-/m0/s1. The van der Waals surface area contributed by atoms with Crippen molar-refractivity contribution in [3.63, 3.8) is 0 Å². The summed E-state index contributed by atoms with van der Waals surface area (Å²) in [5, 5.41) is 3.96. The third kappa shape index (κ3) is 2.71. The number of hydrogen-bond donors (Lipinski definition) is 0. The van der Waals surface area contributed by atoms with Crippen molar-refractivity contribution in [3.8, 4) is 0 Å². The zero-order valence-corrected chi connectivity index (χ0v) is 16.8. The molecule has 1 spiro atoms. The highest BCUT2D eigenvalue weighted by Crippen LogP contribution is 2.51. The molecule has 7 nitrogen and oxygen atoms in total. The fourth-order valence-electron chi connectivity index (χ4n) is 5.30. The lowest BCUT2D eigenvalue weighted by atomic mass is 10.0. The van der Waals surface area contributed by atoms with Crippen molar-refractivity contribution in [1.29, 1.82) is 0 Å². The Kier molecular flexibility index (Phi) is 4.24. The molecule has 7 heteroatoms. The number of carbonyl (C=O) groups is 2. The Balaban J connectivity index is 1.34. The maximum atomic E-state index is 13.0. The lowest BCUT2D eigenvalue weighted by molar-refractivity contribution is -0.141. The molecule has 1 aromatic carbocycles. The van der Waals surface area contributed by atoms with Gasteiger partial charge in [-0.1, -0.05) is 35.5 Å². The summed E-state index contributed by atoms with van der Waals surface area (Å²) >= 11 is 0. The number of ether oxygens (including phenoxy) is 1. The van der Waals surface area contributed by atoms with Gasteiger partial charge in [-0.2, -0.15) is 0 Å². The number of rotatable bonds is 4. The minimum Gasteiger partial charge on any atom is -0.361 e. The first-order chi connectivity index (χ1) is 14.0. The molecule has 1 aromatic heterocycles. The van der Waals surface area contributed by atoms with Crippen molar-refractivity contribution in [2.45, 2.75) is 57.3 Å². The third-order valence-electron chi connectivity index (χ3n) is 6.73. The van der Waals surface area contributed by atoms with Gasteiger partial charge in [0.1, 0.15) is 5.76 Å². The fourth-order valence-corrected chi connectivity index (χ4v) is 5.30. The van der Waals surface area contributed by atoms with E-state index in [2.05, 4.69) is 5.16 Å². The van der Waals surface area contributed by atoms with Crippen molar-refractivity contribution in [3.05, 3.63) is 52.9 Å². The lowest BCUT2D eigenvalue weighted by Crippen LogP contribution is -2.49. The number of amides is 2. The first-order valence-corrected chi connectivity index (χ1v) is 10.2. The number of aromatic nitrogens is 1. The Hall–Kier alpha value is -2.67. The molecular weight excluding hydrogens is 370 g/mol. The number of nitrogens with zero attached hydrogens (tertiary/aromatic N) is 3. The van der Waals surface area contributed by atoms with Gasteiger partial charge < -0.3 is 19.1 Å². The van der Waals surface area contributed by atoms with Gasteiger partial charge in [0, 0.05) is 24.9 Å². The van der Waals surface area contributed by atoms with Gasteiger partial charge in [-0.3, -0.25) is 9.59 Å². The molecule has 0 aliphatic carbocycles. The SMILES string of the molecule is Cc1noc(C)c1CCC(=O)N1CC[C@@]23OC[C@@H](c4ccccc4)N2C(=O)C[C@@H]13. The van der Waals surface area contributed by atoms with E-state index in [0.717, 1.165) is 22.6 Å². The average Bonchev–Trinajstić information content (AvgIpc) is 3.43. The summed E-state index contributed by atoms with van der Waals surface area (Å²) in [5.74, 6) is 0.901. The van der Waals surface area contributed by atoms with Gasteiger partial charge in [0.2, 0.25) is 11.8 Å². The van der Waals surface area contributed by atoms with Gasteiger partial charge in [-0.15, -0.1) is 0 Å². The molecule has 2 aromatic rings. The molecule has 3 fully saturated rings. The minimum atomic E-state index is -0.670. The van der Waals surface area contributed by atoms with Gasteiger partial charge in [-0.05, 0) is 25.8 Å². The van der Waals surface area contributed by atoms with Crippen molar-refractivity contribution in [1.82, 2.24) is 15.0 Å². The average molecular weight is 395 g/mol. The quantitative estimate of drug-likeness (QED) is 0.795. The van der Waals surface area contributed by atoms with Crippen LogP contribution in [0.4, 0.5) is 0 Å². The number of benzene rings is 1. The van der Waals surface area contributed by atoms with Crippen LogP contribution in [0.2, 0.25) is 0 Å². The van der Waals surface area contributed by atoms with E-state index in [0.29, 0.717) is 38.8 Å².